The molecule has 0 unspecified atom stereocenters. The predicted octanol–water partition coefficient (Wildman–Crippen LogP) is 2.37. The summed E-state index contributed by atoms with van der Waals surface area (Å²) in [6.07, 6.45) is 0.987. The van der Waals surface area contributed by atoms with Crippen LogP contribution >= 0.6 is 11.3 Å². The van der Waals surface area contributed by atoms with Gasteiger partial charge < -0.3 is 11.1 Å². The SMILES string of the molecule is Cc1csc(CCNCc2cccc(N)c2)n1. The number of thiazole rings is 1. The van der Waals surface area contributed by atoms with Gasteiger partial charge >= 0.3 is 0 Å². The molecule has 0 aliphatic heterocycles. The van der Waals surface area contributed by atoms with E-state index in [2.05, 4.69) is 21.7 Å². The Morgan fingerprint density at radius 3 is 3.00 bits per heavy atom. The summed E-state index contributed by atoms with van der Waals surface area (Å²) in [5.41, 5.74) is 8.87. The molecule has 0 radical (unpaired) electrons. The second kappa shape index (κ2) is 5.80. The van der Waals surface area contributed by atoms with Crippen LogP contribution in [0, 0.1) is 6.92 Å². The molecule has 0 fully saturated rings. The van der Waals surface area contributed by atoms with Crippen molar-refractivity contribution in [2.24, 2.45) is 0 Å². The molecular weight excluding hydrogens is 230 g/mol. The first kappa shape index (κ1) is 12.1. The molecule has 0 bridgehead atoms. The van der Waals surface area contributed by atoms with Gasteiger partial charge in [0.05, 0.1) is 5.01 Å². The van der Waals surface area contributed by atoms with Gasteiger partial charge in [0, 0.05) is 36.3 Å². The van der Waals surface area contributed by atoms with Gasteiger partial charge in [-0.1, -0.05) is 12.1 Å². The highest BCUT2D eigenvalue weighted by molar-refractivity contribution is 7.09. The first-order chi connectivity index (χ1) is 8.24. The third-order valence-electron chi connectivity index (χ3n) is 2.46. The van der Waals surface area contributed by atoms with E-state index in [1.807, 2.05) is 25.1 Å². The third kappa shape index (κ3) is 3.84. The monoisotopic (exact) mass is 247 g/mol. The molecule has 90 valence electrons. The maximum Gasteiger partial charge on any atom is 0.0940 e. The number of nitrogen functional groups attached to an aromatic ring is 1. The Morgan fingerprint density at radius 2 is 2.29 bits per heavy atom. The highest BCUT2D eigenvalue weighted by atomic mass is 32.1. The lowest BCUT2D eigenvalue weighted by Crippen LogP contribution is -2.16. The van der Waals surface area contributed by atoms with Gasteiger partial charge in [-0.25, -0.2) is 4.98 Å². The molecule has 2 aromatic rings. The first-order valence-electron chi connectivity index (χ1n) is 5.70. The Bertz CT molecular complexity index is 479. The van der Waals surface area contributed by atoms with E-state index in [1.54, 1.807) is 11.3 Å². The van der Waals surface area contributed by atoms with Gasteiger partial charge in [-0.3, -0.25) is 0 Å². The highest BCUT2D eigenvalue weighted by Crippen LogP contribution is 2.09. The molecular formula is C13H17N3S. The third-order valence-corrected chi connectivity index (χ3v) is 3.49. The van der Waals surface area contributed by atoms with Crippen LogP contribution in [0.2, 0.25) is 0 Å². The molecule has 4 heteroatoms. The number of anilines is 1. The van der Waals surface area contributed by atoms with Crippen molar-refractivity contribution in [2.75, 3.05) is 12.3 Å². The van der Waals surface area contributed by atoms with Crippen LogP contribution in [0.5, 0.6) is 0 Å². The molecule has 1 heterocycles. The van der Waals surface area contributed by atoms with Crippen molar-refractivity contribution in [1.29, 1.82) is 0 Å². The minimum atomic E-state index is 0.819. The summed E-state index contributed by atoms with van der Waals surface area (Å²) >= 11 is 1.73. The first-order valence-corrected chi connectivity index (χ1v) is 6.58. The van der Waals surface area contributed by atoms with Gasteiger partial charge in [-0.05, 0) is 24.6 Å². The van der Waals surface area contributed by atoms with E-state index in [4.69, 9.17) is 5.73 Å². The van der Waals surface area contributed by atoms with Gasteiger partial charge in [-0.15, -0.1) is 11.3 Å². The molecule has 3 N–H and O–H groups in total. The van der Waals surface area contributed by atoms with Crippen LogP contribution < -0.4 is 11.1 Å². The molecule has 0 saturated heterocycles. The van der Waals surface area contributed by atoms with Crippen molar-refractivity contribution >= 4 is 17.0 Å². The summed E-state index contributed by atoms with van der Waals surface area (Å²) in [5, 5.41) is 6.69. The van der Waals surface area contributed by atoms with E-state index in [0.29, 0.717) is 0 Å². The van der Waals surface area contributed by atoms with Crippen molar-refractivity contribution in [1.82, 2.24) is 10.3 Å². The van der Waals surface area contributed by atoms with Gasteiger partial charge in [0.2, 0.25) is 0 Å². The highest BCUT2D eigenvalue weighted by Gasteiger charge is 1.98. The number of nitrogens with one attached hydrogen (secondary N) is 1. The molecule has 1 aromatic heterocycles. The maximum absolute atomic E-state index is 5.72. The Morgan fingerprint density at radius 1 is 1.41 bits per heavy atom. The summed E-state index contributed by atoms with van der Waals surface area (Å²) in [5.74, 6) is 0. The number of hydrogen-bond acceptors (Lipinski definition) is 4. The van der Waals surface area contributed by atoms with Gasteiger partial charge in [0.15, 0.2) is 0 Å². The predicted molar refractivity (Wildman–Crippen MR) is 73.1 cm³/mol. The van der Waals surface area contributed by atoms with Crippen molar-refractivity contribution in [3.63, 3.8) is 0 Å². The van der Waals surface area contributed by atoms with Gasteiger partial charge in [0.25, 0.3) is 0 Å². The van der Waals surface area contributed by atoms with Crippen LogP contribution in [0.1, 0.15) is 16.3 Å². The molecule has 17 heavy (non-hydrogen) atoms. The van der Waals surface area contributed by atoms with Crippen molar-refractivity contribution in [3.05, 3.63) is 45.9 Å². The molecule has 0 spiro atoms. The normalized spacial score (nSPS) is 10.6. The number of rotatable bonds is 5. The van der Waals surface area contributed by atoms with Crippen molar-refractivity contribution in [3.8, 4) is 0 Å². The van der Waals surface area contributed by atoms with Crippen LogP contribution in [-0.2, 0) is 13.0 Å². The molecule has 0 atom stereocenters. The van der Waals surface area contributed by atoms with Gasteiger partial charge in [0.1, 0.15) is 0 Å². The Kier molecular flexibility index (Phi) is 4.12. The number of aryl methyl sites for hydroxylation is 1. The number of nitrogens with zero attached hydrogens (tertiary/aromatic N) is 1. The minimum absolute atomic E-state index is 0.819. The zero-order valence-electron chi connectivity index (χ0n) is 9.94. The molecule has 0 saturated carbocycles. The van der Waals surface area contributed by atoms with E-state index in [9.17, 15) is 0 Å². The lowest BCUT2D eigenvalue weighted by atomic mass is 10.2. The number of benzene rings is 1. The summed E-state index contributed by atoms with van der Waals surface area (Å²) in [7, 11) is 0. The number of hydrogen-bond donors (Lipinski definition) is 2. The molecule has 2 rings (SSSR count). The lowest BCUT2D eigenvalue weighted by Gasteiger charge is -2.04. The molecule has 0 aliphatic carbocycles. The summed E-state index contributed by atoms with van der Waals surface area (Å²) in [6.45, 7) is 3.83. The second-order valence-electron chi connectivity index (χ2n) is 4.05. The largest absolute Gasteiger partial charge is 0.399 e. The van der Waals surface area contributed by atoms with Crippen LogP contribution in [-0.4, -0.2) is 11.5 Å². The molecule has 0 amide bonds. The van der Waals surface area contributed by atoms with E-state index >= 15 is 0 Å². The van der Waals surface area contributed by atoms with E-state index in [-0.39, 0.29) is 0 Å². The molecule has 1 aromatic carbocycles. The quantitative estimate of drug-likeness (QED) is 0.630. The average Bonchev–Trinajstić information content (AvgIpc) is 2.71. The number of aromatic nitrogens is 1. The fraction of sp³-hybridized carbons (Fsp3) is 0.308. The lowest BCUT2D eigenvalue weighted by molar-refractivity contribution is 0.685. The maximum atomic E-state index is 5.72. The molecule has 3 nitrogen and oxygen atoms in total. The van der Waals surface area contributed by atoms with Crippen molar-refractivity contribution in [2.45, 2.75) is 19.9 Å². The van der Waals surface area contributed by atoms with Crippen LogP contribution in [0.25, 0.3) is 0 Å². The summed E-state index contributed by atoms with van der Waals surface area (Å²) in [6, 6.07) is 7.97. The average molecular weight is 247 g/mol. The summed E-state index contributed by atoms with van der Waals surface area (Å²) < 4.78 is 0. The van der Waals surface area contributed by atoms with Gasteiger partial charge in [-0.2, -0.15) is 0 Å². The minimum Gasteiger partial charge on any atom is -0.399 e. The smallest absolute Gasteiger partial charge is 0.0940 e. The topological polar surface area (TPSA) is 50.9 Å². The van der Waals surface area contributed by atoms with E-state index in [0.717, 1.165) is 30.9 Å². The fourth-order valence-electron chi connectivity index (χ4n) is 1.65. The fourth-order valence-corrected chi connectivity index (χ4v) is 2.42. The van der Waals surface area contributed by atoms with Crippen molar-refractivity contribution < 1.29 is 0 Å². The van der Waals surface area contributed by atoms with Crippen LogP contribution in [0.15, 0.2) is 29.6 Å². The second-order valence-corrected chi connectivity index (χ2v) is 5.00. The Hall–Kier alpha value is -1.39. The van der Waals surface area contributed by atoms with Crippen LogP contribution in [0.4, 0.5) is 5.69 Å². The Labute approximate surface area is 106 Å². The number of nitrogens with two attached hydrogens (primary N) is 1. The zero-order valence-corrected chi connectivity index (χ0v) is 10.8. The van der Waals surface area contributed by atoms with E-state index in [1.165, 1.54) is 10.6 Å². The zero-order chi connectivity index (χ0) is 12.1. The Balaban J connectivity index is 1.73. The molecule has 0 aliphatic rings. The van der Waals surface area contributed by atoms with E-state index < -0.39 is 0 Å². The summed E-state index contributed by atoms with van der Waals surface area (Å²) in [4.78, 5) is 4.43. The standard InChI is InChI=1S/C13H17N3S/c1-10-9-17-13(16-10)5-6-15-8-11-3-2-4-12(14)7-11/h2-4,7,9,15H,5-6,8,14H2,1H3. The van der Waals surface area contributed by atoms with Crippen LogP contribution in [0.3, 0.4) is 0 Å².